The zero-order valence-corrected chi connectivity index (χ0v) is 20.2. The molecule has 2 fully saturated rings. The van der Waals surface area contributed by atoms with Crippen LogP contribution in [-0.4, -0.2) is 46.3 Å². The first-order valence-electron chi connectivity index (χ1n) is 12.1. The molecule has 4 rings (SSSR count). The Morgan fingerprint density at radius 2 is 1.85 bits per heavy atom. The maximum absolute atomic E-state index is 13.1. The lowest BCUT2D eigenvalue weighted by Gasteiger charge is -2.32. The van der Waals surface area contributed by atoms with Gasteiger partial charge in [0, 0.05) is 36.4 Å². The molecule has 0 aromatic heterocycles. The van der Waals surface area contributed by atoms with E-state index < -0.39 is 0 Å². The number of phenols is 2. The zero-order valence-electron chi connectivity index (χ0n) is 20.2. The molecule has 0 bridgehead atoms. The molecule has 0 radical (unpaired) electrons. The van der Waals surface area contributed by atoms with Crippen molar-refractivity contribution < 1.29 is 15.0 Å². The number of phenolic OH excluding ortho intramolecular Hbond substituents is 2. The van der Waals surface area contributed by atoms with Crippen molar-refractivity contribution in [2.24, 2.45) is 0 Å². The van der Waals surface area contributed by atoms with Gasteiger partial charge in [-0.2, -0.15) is 0 Å². The van der Waals surface area contributed by atoms with Crippen molar-refractivity contribution in [1.29, 1.82) is 0 Å². The van der Waals surface area contributed by atoms with E-state index in [0.717, 1.165) is 37.1 Å². The van der Waals surface area contributed by atoms with Gasteiger partial charge in [0.05, 0.1) is 6.54 Å². The van der Waals surface area contributed by atoms with Crippen LogP contribution in [0.5, 0.6) is 11.5 Å². The van der Waals surface area contributed by atoms with Crippen molar-refractivity contribution in [3.63, 3.8) is 0 Å². The summed E-state index contributed by atoms with van der Waals surface area (Å²) in [6.45, 7) is 10.3. The fraction of sp³-hybridized carbons (Fsp3) is 0.519. The third-order valence-corrected chi connectivity index (χ3v) is 7.34. The summed E-state index contributed by atoms with van der Waals surface area (Å²) in [4.78, 5) is 15.3. The van der Waals surface area contributed by atoms with Gasteiger partial charge in [-0.15, -0.1) is 0 Å². The maximum atomic E-state index is 13.1. The van der Waals surface area contributed by atoms with Crippen LogP contribution in [-0.2, 0) is 4.79 Å². The third kappa shape index (κ3) is 4.73. The van der Waals surface area contributed by atoms with Crippen LogP contribution in [0, 0.1) is 0 Å². The highest BCUT2D eigenvalue weighted by Crippen LogP contribution is 2.48. The highest BCUT2D eigenvalue weighted by Gasteiger charge is 2.48. The normalized spacial score (nSPS) is 23.2. The van der Waals surface area contributed by atoms with Crippen LogP contribution >= 0.6 is 0 Å². The van der Waals surface area contributed by atoms with Gasteiger partial charge in [0.25, 0.3) is 0 Å². The third-order valence-electron chi connectivity index (χ3n) is 7.34. The number of amides is 1. The van der Waals surface area contributed by atoms with Crippen LogP contribution in [0.1, 0.15) is 81.4 Å². The zero-order chi connectivity index (χ0) is 23.8. The summed E-state index contributed by atoms with van der Waals surface area (Å²) in [5.41, 5.74) is 4.01. The van der Waals surface area contributed by atoms with Crippen LogP contribution in [0.25, 0.3) is 0 Å². The summed E-state index contributed by atoms with van der Waals surface area (Å²) in [5, 5.41) is 27.0. The van der Waals surface area contributed by atoms with Gasteiger partial charge in [0.1, 0.15) is 11.5 Å². The highest BCUT2D eigenvalue weighted by atomic mass is 16.3. The number of carbonyl (C=O) groups is 1. The van der Waals surface area contributed by atoms with E-state index in [-0.39, 0.29) is 28.9 Å². The molecule has 1 spiro atoms. The Bertz CT molecular complexity index is 993. The summed E-state index contributed by atoms with van der Waals surface area (Å²) >= 11 is 0. The Hall–Kier alpha value is -2.57. The van der Waals surface area contributed by atoms with Gasteiger partial charge in [0.15, 0.2) is 0 Å². The number of benzene rings is 2. The van der Waals surface area contributed by atoms with Crippen LogP contribution in [0.4, 0.5) is 5.69 Å². The lowest BCUT2D eigenvalue weighted by atomic mass is 9.82. The Labute approximate surface area is 197 Å². The average Bonchev–Trinajstić information content (AvgIpc) is 3.34. The van der Waals surface area contributed by atoms with Crippen LogP contribution in [0.3, 0.4) is 0 Å². The minimum Gasteiger partial charge on any atom is -0.508 e. The predicted molar refractivity (Wildman–Crippen MR) is 132 cm³/mol. The summed E-state index contributed by atoms with van der Waals surface area (Å²) in [7, 11) is 0. The fourth-order valence-electron chi connectivity index (χ4n) is 5.72. The lowest BCUT2D eigenvalue weighted by molar-refractivity contribution is -0.117. The molecule has 6 nitrogen and oxygen atoms in total. The lowest BCUT2D eigenvalue weighted by Crippen LogP contribution is -2.45. The standard InChI is InChI=1S/C27H37N3O3/c1-17(2)20-7-5-8-21(18(3)4)26(20)29-25(33)14-30-15-27(28-16-30)12-6-9-23(27)22-11-10-19(31)13-24(22)32/h5,7-8,10-11,13,17-18,23,28,31-32H,6,9,12,14-16H2,1-4H3,(H,29,33). The Kier molecular flexibility index (Phi) is 6.68. The number of nitrogens with one attached hydrogen (secondary N) is 2. The van der Waals surface area contributed by atoms with E-state index in [4.69, 9.17) is 0 Å². The molecular weight excluding hydrogens is 414 g/mol. The van der Waals surface area contributed by atoms with Crippen molar-refractivity contribution in [1.82, 2.24) is 10.2 Å². The molecular formula is C27H37N3O3. The highest BCUT2D eigenvalue weighted by molar-refractivity contribution is 5.94. The fourth-order valence-corrected chi connectivity index (χ4v) is 5.72. The minimum atomic E-state index is -0.159. The van der Waals surface area contributed by atoms with Gasteiger partial charge in [-0.05, 0) is 47.4 Å². The van der Waals surface area contributed by atoms with Gasteiger partial charge in [0.2, 0.25) is 5.91 Å². The molecule has 2 aromatic carbocycles. The van der Waals surface area contributed by atoms with Crippen molar-refractivity contribution >= 4 is 11.6 Å². The molecule has 2 aromatic rings. The van der Waals surface area contributed by atoms with E-state index >= 15 is 0 Å². The SMILES string of the molecule is CC(C)c1cccc(C(C)C)c1NC(=O)CN1CNC2(CCCC2c2ccc(O)cc2O)C1. The number of aromatic hydroxyl groups is 2. The molecule has 178 valence electrons. The predicted octanol–water partition coefficient (Wildman–Crippen LogP) is 4.85. The Morgan fingerprint density at radius 3 is 2.48 bits per heavy atom. The second-order valence-electron chi connectivity index (χ2n) is 10.3. The van der Waals surface area contributed by atoms with Crippen molar-refractivity contribution in [3.8, 4) is 11.5 Å². The molecule has 1 saturated carbocycles. The molecule has 33 heavy (non-hydrogen) atoms. The van der Waals surface area contributed by atoms with E-state index in [1.165, 1.54) is 17.2 Å². The van der Waals surface area contributed by atoms with Crippen LogP contribution < -0.4 is 10.6 Å². The van der Waals surface area contributed by atoms with Gasteiger partial charge < -0.3 is 15.5 Å². The quantitative estimate of drug-likeness (QED) is 0.504. The van der Waals surface area contributed by atoms with Crippen LogP contribution in [0.2, 0.25) is 0 Å². The summed E-state index contributed by atoms with van der Waals surface area (Å²) in [6.07, 6.45) is 3.05. The minimum absolute atomic E-state index is 0.00544. The Morgan fingerprint density at radius 1 is 1.15 bits per heavy atom. The van der Waals surface area contributed by atoms with E-state index in [9.17, 15) is 15.0 Å². The number of carbonyl (C=O) groups excluding carboxylic acids is 1. The monoisotopic (exact) mass is 451 g/mol. The van der Waals surface area contributed by atoms with E-state index in [0.29, 0.717) is 25.0 Å². The molecule has 1 heterocycles. The summed E-state index contributed by atoms with van der Waals surface area (Å²) in [5.74, 6) is 1.03. The van der Waals surface area contributed by atoms with Crippen molar-refractivity contribution in [2.45, 2.75) is 70.3 Å². The van der Waals surface area contributed by atoms with Gasteiger partial charge >= 0.3 is 0 Å². The Balaban J connectivity index is 1.47. The largest absolute Gasteiger partial charge is 0.508 e. The number of para-hydroxylation sites is 1. The second kappa shape index (κ2) is 9.35. The topological polar surface area (TPSA) is 84.8 Å². The molecule has 2 unspecified atom stereocenters. The number of rotatable bonds is 6. The van der Waals surface area contributed by atoms with Gasteiger partial charge in [-0.25, -0.2) is 0 Å². The molecule has 2 aliphatic rings. The average molecular weight is 452 g/mol. The van der Waals surface area contributed by atoms with Crippen molar-refractivity contribution in [2.75, 3.05) is 25.1 Å². The van der Waals surface area contributed by atoms with E-state index in [2.05, 4.69) is 61.4 Å². The maximum Gasteiger partial charge on any atom is 0.238 e. The number of anilines is 1. The number of hydrogen-bond acceptors (Lipinski definition) is 5. The molecule has 1 amide bonds. The van der Waals surface area contributed by atoms with Crippen LogP contribution in [0.15, 0.2) is 36.4 Å². The van der Waals surface area contributed by atoms with Gasteiger partial charge in [-0.1, -0.05) is 58.4 Å². The van der Waals surface area contributed by atoms with E-state index in [1.54, 1.807) is 6.07 Å². The second-order valence-corrected chi connectivity index (χ2v) is 10.3. The molecule has 1 aliphatic heterocycles. The smallest absolute Gasteiger partial charge is 0.238 e. The summed E-state index contributed by atoms with van der Waals surface area (Å²) in [6, 6.07) is 11.2. The molecule has 1 saturated heterocycles. The first-order valence-corrected chi connectivity index (χ1v) is 12.1. The number of nitrogens with zero attached hydrogens (tertiary/aromatic N) is 1. The molecule has 6 heteroatoms. The van der Waals surface area contributed by atoms with Gasteiger partial charge in [-0.3, -0.25) is 15.0 Å². The first kappa shape index (κ1) is 23.6. The molecule has 2 atom stereocenters. The number of hydrogen-bond donors (Lipinski definition) is 4. The molecule has 4 N–H and O–H groups in total. The first-order chi connectivity index (χ1) is 15.7. The van der Waals surface area contributed by atoms with Crippen molar-refractivity contribution in [3.05, 3.63) is 53.1 Å². The van der Waals surface area contributed by atoms with E-state index in [1.807, 2.05) is 6.07 Å². The molecule has 1 aliphatic carbocycles. The summed E-state index contributed by atoms with van der Waals surface area (Å²) < 4.78 is 0.